The average Bonchev–Trinajstić information content (AvgIpc) is 3.06. The molecule has 0 spiro atoms. The highest BCUT2D eigenvalue weighted by atomic mass is 19.3. The lowest BCUT2D eigenvalue weighted by Crippen LogP contribution is -2.11. The molecule has 26 heavy (non-hydrogen) atoms. The van der Waals surface area contributed by atoms with Gasteiger partial charge >= 0.3 is 0 Å². The molecule has 0 radical (unpaired) electrons. The van der Waals surface area contributed by atoms with E-state index >= 15 is 0 Å². The van der Waals surface area contributed by atoms with Crippen LogP contribution in [0.5, 0.6) is 0 Å². The molecule has 2 rings (SSSR count). The van der Waals surface area contributed by atoms with Crippen molar-refractivity contribution in [1.82, 2.24) is 14.8 Å². The number of aliphatic hydroxyl groups is 1. The second kappa shape index (κ2) is 8.32. The molecule has 0 aliphatic carbocycles. The lowest BCUT2D eigenvalue weighted by molar-refractivity contribution is 0.142. The van der Waals surface area contributed by atoms with E-state index in [-0.39, 0.29) is 11.5 Å². The van der Waals surface area contributed by atoms with Gasteiger partial charge in [-0.2, -0.15) is 10.4 Å². The van der Waals surface area contributed by atoms with E-state index < -0.39 is 18.2 Å². The number of rotatable bonds is 6. The number of nitriles is 1. The van der Waals surface area contributed by atoms with Crippen LogP contribution in [0.1, 0.15) is 49.0 Å². The lowest BCUT2D eigenvalue weighted by atomic mass is 10.1. The first-order chi connectivity index (χ1) is 12.4. The molecule has 5 nitrogen and oxygen atoms in total. The number of nitrogens with zero attached hydrogens (tertiary/aromatic N) is 4. The van der Waals surface area contributed by atoms with Gasteiger partial charge in [-0.05, 0) is 25.5 Å². The summed E-state index contributed by atoms with van der Waals surface area (Å²) in [6.45, 7) is 7.09. The number of aromatic nitrogens is 3. The molecular weight excluding hydrogens is 338 g/mol. The maximum atomic E-state index is 13.4. The van der Waals surface area contributed by atoms with Crippen LogP contribution in [0.3, 0.4) is 0 Å². The molecule has 0 fully saturated rings. The number of alkyl halides is 2. The van der Waals surface area contributed by atoms with E-state index in [1.165, 1.54) is 6.92 Å². The van der Waals surface area contributed by atoms with E-state index in [9.17, 15) is 13.9 Å². The number of allylic oxidation sites excluding steroid dienone is 5. The van der Waals surface area contributed by atoms with Crippen molar-refractivity contribution >= 4 is 5.57 Å². The summed E-state index contributed by atoms with van der Waals surface area (Å²) in [7, 11) is 0. The fourth-order valence-electron chi connectivity index (χ4n) is 2.35. The van der Waals surface area contributed by atoms with Gasteiger partial charge < -0.3 is 5.11 Å². The Labute approximate surface area is 150 Å². The topological polar surface area (TPSA) is 74.7 Å². The lowest BCUT2D eigenvalue weighted by Gasteiger charge is -2.15. The van der Waals surface area contributed by atoms with Crippen LogP contribution in [0.15, 0.2) is 49.1 Å². The third-order valence-corrected chi connectivity index (χ3v) is 3.61. The number of halogens is 2. The van der Waals surface area contributed by atoms with Gasteiger partial charge in [-0.3, -0.25) is 0 Å². The molecule has 0 unspecified atom stereocenters. The number of aliphatic hydroxyl groups excluding tert-OH is 1. The Balaban J connectivity index is 2.74. The number of hydrogen-bond acceptors (Lipinski definition) is 4. The standard InChI is InChI=1S/C19H18F2N4O/c1-4-6-7-13(5-2)16-9-8-15(12(3)26)19(23-16)25-17(18(20)21)10-14(11-22)24-25/h4-10,12,18,26H,2H2,1,3H3/b6-4-,13-7-/t12-/m1/s1. The minimum atomic E-state index is -2.85. The van der Waals surface area contributed by atoms with Crippen molar-refractivity contribution in [2.75, 3.05) is 0 Å². The van der Waals surface area contributed by atoms with Gasteiger partial charge in [-0.25, -0.2) is 18.4 Å². The minimum Gasteiger partial charge on any atom is -0.389 e. The molecule has 0 aliphatic heterocycles. The molecule has 2 aromatic heterocycles. The van der Waals surface area contributed by atoms with E-state index in [2.05, 4.69) is 16.7 Å². The highest BCUT2D eigenvalue weighted by Gasteiger charge is 2.22. The molecule has 0 amide bonds. The van der Waals surface area contributed by atoms with Crippen molar-refractivity contribution in [3.05, 3.63) is 71.7 Å². The summed E-state index contributed by atoms with van der Waals surface area (Å²) in [6, 6.07) is 6.02. The van der Waals surface area contributed by atoms with Gasteiger partial charge in [0.15, 0.2) is 11.5 Å². The Morgan fingerprint density at radius 2 is 2.15 bits per heavy atom. The van der Waals surface area contributed by atoms with Gasteiger partial charge in [0.25, 0.3) is 6.43 Å². The molecule has 0 aliphatic rings. The Kier molecular flexibility index (Phi) is 6.15. The molecule has 0 saturated carbocycles. The Morgan fingerprint density at radius 3 is 2.69 bits per heavy atom. The van der Waals surface area contributed by atoms with Crippen LogP contribution in [-0.4, -0.2) is 19.9 Å². The summed E-state index contributed by atoms with van der Waals surface area (Å²) >= 11 is 0. The number of pyridine rings is 1. The average molecular weight is 356 g/mol. The van der Waals surface area contributed by atoms with Crippen molar-refractivity contribution in [3.63, 3.8) is 0 Å². The molecular formula is C19H18F2N4O. The summed E-state index contributed by atoms with van der Waals surface area (Å²) in [5.41, 5.74) is 0.847. The van der Waals surface area contributed by atoms with Gasteiger partial charge in [0.1, 0.15) is 11.8 Å². The zero-order valence-electron chi connectivity index (χ0n) is 14.4. The van der Waals surface area contributed by atoms with E-state index in [0.29, 0.717) is 16.8 Å². The molecule has 1 N–H and O–H groups in total. The monoisotopic (exact) mass is 356 g/mol. The smallest absolute Gasteiger partial charge is 0.280 e. The predicted octanol–water partition coefficient (Wildman–Crippen LogP) is 4.28. The first-order valence-corrected chi connectivity index (χ1v) is 7.86. The fraction of sp³-hybridized carbons (Fsp3) is 0.211. The Hall–Kier alpha value is -3.11. The minimum absolute atomic E-state index is 0.0440. The summed E-state index contributed by atoms with van der Waals surface area (Å²) in [4.78, 5) is 4.40. The van der Waals surface area contributed by atoms with Crippen LogP contribution in [0.25, 0.3) is 11.4 Å². The maximum Gasteiger partial charge on any atom is 0.280 e. The van der Waals surface area contributed by atoms with E-state index in [4.69, 9.17) is 5.26 Å². The molecule has 134 valence electrons. The molecule has 7 heteroatoms. The predicted molar refractivity (Wildman–Crippen MR) is 94.7 cm³/mol. The highest BCUT2D eigenvalue weighted by molar-refractivity contribution is 5.73. The molecule has 1 atom stereocenters. The van der Waals surface area contributed by atoms with Gasteiger partial charge in [0.2, 0.25) is 0 Å². The van der Waals surface area contributed by atoms with E-state index in [1.54, 1.807) is 36.4 Å². The van der Waals surface area contributed by atoms with Gasteiger partial charge in [-0.1, -0.05) is 36.9 Å². The zero-order valence-corrected chi connectivity index (χ0v) is 14.4. The van der Waals surface area contributed by atoms with Crippen LogP contribution >= 0.6 is 0 Å². The van der Waals surface area contributed by atoms with E-state index in [1.807, 2.05) is 13.0 Å². The van der Waals surface area contributed by atoms with E-state index in [0.717, 1.165) is 10.7 Å². The summed E-state index contributed by atoms with van der Waals surface area (Å²) in [6.07, 6.45) is 3.18. The molecule has 0 bridgehead atoms. The largest absolute Gasteiger partial charge is 0.389 e. The normalized spacial score (nSPS) is 13.2. The van der Waals surface area contributed by atoms with Gasteiger partial charge in [0, 0.05) is 11.6 Å². The Morgan fingerprint density at radius 1 is 1.42 bits per heavy atom. The van der Waals surface area contributed by atoms with Crippen LogP contribution in [0.4, 0.5) is 8.78 Å². The SMILES string of the molecule is C=C/C(=C/C=C\C)c1ccc([C@@H](C)O)c(-n2nc(C#N)cc2C(F)F)n1. The summed E-state index contributed by atoms with van der Waals surface area (Å²) in [5.74, 6) is 0.0440. The van der Waals surface area contributed by atoms with Crippen molar-refractivity contribution in [2.24, 2.45) is 0 Å². The number of hydrogen-bond donors (Lipinski definition) is 1. The van der Waals surface area contributed by atoms with Crippen molar-refractivity contribution < 1.29 is 13.9 Å². The van der Waals surface area contributed by atoms with Crippen molar-refractivity contribution in [1.29, 1.82) is 5.26 Å². The third-order valence-electron chi connectivity index (χ3n) is 3.61. The van der Waals surface area contributed by atoms with Crippen LogP contribution < -0.4 is 0 Å². The van der Waals surface area contributed by atoms with Crippen molar-refractivity contribution in [3.8, 4) is 11.9 Å². The van der Waals surface area contributed by atoms with Crippen LogP contribution in [0.2, 0.25) is 0 Å². The summed E-state index contributed by atoms with van der Waals surface area (Å²) < 4.78 is 27.7. The molecule has 0 aromatic carbocycles. The van der Waals surface area contributed by atoms with Gasteiger partial charge in [0.05, 0.1) is 11.8 Å². The zero-order chi connectivity index (χ0) is 19.3. The maximum absolute atomic E-state index is 13.4. The fourth-order valence-corrected chi connectivity index (χ4v) is 2.35. The molecule has 2 aromatic rings. The first-order valence-electron chi connectivity index (χ1n) is 7.86. The van der Waals surface area contributed by atoms with Crippen LogP contribution in [0, 0.1) is 11.3 Å². The highest BCUT2D eigenvalue weighted by Crippen LogP contribution is 2.28. The Bertz CT molecular complexity index is 905. The molecule has 0 saturated heterocycles. The van der Waals surface area contributed by atoms with Crippen LogP contribution in [-0.2, 0) is 0 Å². The summed E-state index contributed by atoms with van der Waals surface area (Å²) in [5, 5.41) is 22.9. The molecule has 2 heterocycles. The second-order valence-corrected chi connectivity index (χ2v) is 5.42. The van der Waals surface area contributed by atoms with Crippen molar-refractivity contribution in [2.45, 2.75) is 26.4 Å². The third kappa shape index (κ3) is 3.92. The quantitative estimate of drug-likeness (QED) is 0.784. The second-order valence-electron chi connectivity index (χ2n) is 5.42. The first kappa shape index (κ1) is 19.2. The van der Waals surface area contributed by atoms with Gasteiger partial charge in [-0.15, -0.1) is 0 Å².